The molecule has 0 radical (unpaired) electrons. The smallest absolute Gasteiger partial charge is 0.271 e. The first kappa shape index (κ1) is 17.7. The van der Waals surface area contributed by atoms with Gasteiger partial charge in [-0.2, -0.15) is 16.4 Å². The number of nitrogens with one attached hydrogen (secondary N) is 1. The van der Waals surface area contributed by atoms with Crippen molar-refractivity contribution >= 4 is 17.2 Å². The molecule has 0 aliphatic carbocycles. The van der Waals surface area contributed by atoms with E-state index < -0.39 is 5.60 Å². The van der Waals surface area contributed by atoms with Crippen LogP contribution in [0.4, 0.5) is 0 Å². The van der Waals surface area contributed by atoms with E-state index >= 15 is 0 Å². The van der Waals surface area contributed by atoms with Crippen molar-refractivity contribution in [2.75, 3.05) is 26.3 Å². The summed E-state index contributed by atoms with van der Waals surface area (Å²) >= 11 is 1.61. The van der Waals surface area contributed by atoms with Crippen molar-refractivity contribution in [2.45, 2.75) is 31.8 Å². The van der Waals surface area contributed by atoms with Crippen LogP contribution in [0.3, 0.4) is 0 Å². The fraction of sp³-hybridized carbons (Fsp3) is 0.579. The number of H-pyrrole nitrogens is 1. The molecule has 2 aliphatic rings. The molecule has 4 rings (SSSR count). The number of ether oxygens (including phenoxy) is 1. The lowest BCUT2D eigenvalue weighted by atomic mass is 9.70. The average molecular weight is 375 g/mol. The average Bonchev–Trinajstić information content (AvgIpc) is 3.35. The molecule has 2 aromatic rings. The van der Waals surface area contributed by atoms with Crippen LogP contribution in [0.15, 0.2) is 22.9 Å². The zero-order valence-electron chi connectivity index (χ0n) is 15.0. The van der Waals surface area contributed by atoms with Crippen molar-refractivity contribution < 1.29 is 14.6 Å². The molecule has 4 heterocycles. The van der Waals surface area contributed by atoms with Gasteiger partial charge in [0.15, 0.2) is 0 Å². The second kappa shape index (κ2) is 7.13. The summed E-state index contributed by atoms with van der Waals surface area (Å²) < 4.78 is 5.43. The van der Waals surface area contributed by atoms with Gasteiger partial charge in [-0.15, -0.1) is 0 Å². The van der Waals surface area contributed by atoms with Gasteiger partial charge < -0.3 is 14.7 Å². The number of nitrogens with zero attached hydrogens (tertiary/aromatic N) is 2. The Hall–Kier alpha value is -1.70. The number of hydrogen-bond donors (Lipinski definition) is 2. The molecule has 26 heavy (non-hydrogen) atoms. The monoisotopic (exact) mass is 375 g/mol. The Morgan fingerprint density at radius 1 is 1.46 bits per heavy atom. The van der Waals surface area contributed by atoms with Crippen LogP contribution < -0.4 is 0 Å². The predicted octanol–water partition coefficient (Wildman–Crippen LogP) is 2.78. The number of hydrogen-bond acceptors (Lipinski definition) is 5. The number of carbonyl (C=O) groups excluding carboxylic acids is 1. The van der Waals surface area contributed by atoms with E-state index in [-0.39, 0.29) is 17.7 Å². The number of aromatic nitrogens is 2. The van der Waals surface area contributed by atoms with Crippen LogP contribution in [0, 0.1) is 11.8 Å². The van der Waals surface area contributed by atoms with Crippen LogP contribution >= 0.6 is 11.3 Å². The van der Waals surface area contributed by atoms with Gasteiger partial charge in [0, 0.05) is 43.2 Å². The van der Waals surface area contributed by atoms with Gasteiger partial charge in [-0.05, 0) is 42.7 Å². The summed E-state index contributed by atoms with van der Waals surface area (Å²) in [4.78, 5) is 14.7. The minimum Gasteiger partial charge on any atom is -0.389 e. The minimum atomic E-state index is -0.698. The van der Waals surface area contributed by atoms with Crippen molar-refractivity contribution in [2.24, 2.45) is 11.8 Å². The number of thiophene rings is 1. The lowest BCUT2D eigenvalue weighted by Crippen LogP contribution is -2.56. The summed E-state index contributed by atoms with van der Waals surface area (Å²) in [6, 6.07) is 3.81. The van der Waals surface area contributed by atoms with Gasteiger partial charge >= 0.3 is 0 Å². The van der Waals surface area contributed by atoms with Gasteiger partial charge in [0.1, 0.15) is 5.69 Å². The molecule has 1 amide bonds. The Bertz CT molecular complexity index is 754. The molecule has 7 heteroatoms. The molecule has 2 fully saturated rings. The van der Waals surface area contributed by atoms with Crippen LogP contribution in [-0.4, -0.2) is 58.0 Å². The molecule has 2 saturated heterocycles. The fourth-order valence-electron chi connectivity index (χ4n) is 4.29. The van der Waals surface area contributed by atoms with Crippen LogP contribution in [-0.2, 0) is 4.74 Å². The van der Waals surface area contributed by atoms with E-state index in [0.717, 1.165) is 37.3 Å². The normalized spacial score (nSPS) is 27.6. The first-order valence-electron chi connectivity index (χ1n) is 9.25. The molecule has 2 aliphatic heterocycles. The van der Waals surface area contributed by atoms with Gasteiger partial charge in [0.05, 0.1) is 11.3 Å². The molecule has 0 bridgehead atoms. The zero-order chi connectivity index (χ0) is 18.1. The van der Waals surface area contributed by atoms with Crippen molar-refractivity contribution in [3.63, 3.8) is 0 Å². The lowest BCUT2D eigenvalue weighted by Gasteiger charge is -2.48. The molecular weight excluding hydrogens is 350 g/mol. The lowest BCUT2D eigenvalue weighted by molar-refractivity contribution is -0.125. The second-order valence-corrected chi connectivity index (χ2v) is 8.24. The summed E-state index contributed by atoms with van der Waals surface area (Å²) in [5.41, 5.74) is 1.62. The van der Waals surface area contributed by atoms with E-state index in [0.29, 0.717) is 25.2 Å². The summed E-state index contributed by atoms with van der Waals surface area (Å²) in [5, 5.41) is 22.4. The Morgan fingerprint density at radius 3 is 2.96 bits per heavy atom. The largest absolute Gasteiger partial charge is 0.389 e. The zero-order valence-corrected chi connectivity index (χ0v) is 15.8. The van der Waals surface area contributed by atoms with Gasteiger partial charge in [0.2, 0.25) is 0 Å². The molecule has 2 aromatic heterocycles. The third-order valence-electron chi connectivity index (χ3n) is 5.97. The van der Waals surface area contributed by atoms with Crippen molar-refractivity contribution in [1.82, 2.24) is 15.1 Å². The van der Waals surface area contributed by atoms with Crippen LogP contribution in [0.25, 0.3) is 11.3 Å². The molecule has 0 aromatic carbocycles. The molecule has 6 nitrogen and oxygen atoms in total. The van der Waals surface area contributed by atoms with Gasteiger partial charge in [-0.1, -0.05) is 6.92 Å². The number of amides is 1. The third-order valence-corrected chi connectivity index (χ3v) is 6.65. The highest BCUT2D eigenvalue weighted by molar-refractivity contribution is 7.08. The number of carbonyl (C=O) groups is 1. The SMILES string of the molecule is CC1CN(C(=O)c2cc(-c3ccsc3)n[nH]2)CCC1(O)C1CCOCC1. The topological polar surface area (TPSA) is 78.5 Å². The van der Waals surface area contributed by atoms with E-state index in [1.165, 1.54) is 0 Å². The number of aromatic amines is 1. The molecule has 2 unspecified atom stereocenters. The van der Waals surface area contributed by atoms with Gasteiger partial charge in [-0.25, -0.2) is 0 Å². The van der Waals surface area contributed by atoms with Crippen molar-refractivity contribution in [1.29, 1.82) is 0 Å². The molecular formula is C19H25N3O3S. The van der Waals surface area contributed by atoms with Gasteiger partial charge in [0.25, 0.3) is 5.91 Å². The van der Waals surface area contributed by atoms with E-state index in [4.69, 9.17) is 4.74 Å². The second-order valence-electron chi connectivity index (χ2n) is 7.46. The maximum absolute atomic E-state index is 12.9. The molecule has 0 spiro atoms. The van der Waals surface area contributed by atoms with Crippen molar-refractivity contribution in [3.8, 4) is 11.3 Å². The van der Waals surface area contributed by atoms with Crippen LogP contribution in [0.1, 0.15) is 36.7 Å². The van der Waals surface area contributed by atoms with E-state index in [2.05, 4.69) is 17.1 Å². The quantitative estimate of drug-likeness (QED) is 0.865. The summed E-state index contributed by atoms with van der Waals surface area (Å²) in [6.45, 7) is 4.64. The molecule has 0 saturated carbocycles. The van der Waals surface area contributed by atoms with E-state index in [1.54, 1.807) is 11.3 Å². The van der Waals surface area contributed by atoms with E-state index in [1.807, 2.05) is 27.8 Å². The summed E-state index contributed by atoms with van der Waals surface area (Å²) in [6.07, 6.45) is 2.43. The number of rotatable bonds is 3. The highest BCUT2D eigenvalue weighted by Gasteiger charge is 2.46. The standard InChI is InChI=1S/C19H25N3O3S/c1-13-11-22(6-5-19(13,24)15-2-7-25-8-3-15)18(23)17-10-16(20-21-17)14-4-9-26-12-14/h4,9-10,12-13,15,24H,2-3,5-8,11H2,1H3,(H,20,21). The Balaban J connectivity index is 1.44. The molecule has 140 valence electrons. The molecule has 2 atom stereocenters. The minimum absolute atomic E-state index is 0.0418. The third kappa shape index (κ3) is 3.19. The highest BCUT2D eigenvalue weighted by Crippen LogP contribution is 2.39. The number of piperidine rings is 1. The van der Waals surface area contributed by atoms with Gasteiger partial charge in [-0.3, -0.25) is 9.89 Å². The highest BCUT2D eigenvalue weighted by atomic mass is 32.1. The first-order valence-corrected chi connectivity index (χ1v) is 10.2. The fourth-order valence-corrected chi connectivity index (χ4v) is 4.94. The van der Waals surface area contributed by atoms with Crippen LogP contribution in [0.5, 0.6) is 0 Å². The Morgan fingerprint density at radius 2 is 2.27 bits per heavy atom. The summed E-state index contributed by atoms with van der Waals surface area (Å²) in [5.74, 6) is 0.267. The predicted molar refractivity (Wildman–Crippen MR) is 100 cm³/mol. The maximum Gasteiger partial charge on any atom is 0.271 e. The number of likely N-dealkylation sites (tertiary alicyclic amines) is 1. The summed E-state index contributed by atoms with van der Waals surface area (Å²) in [7, 11) is 0. The Labute approximate surface area is 157 Å². The Kier molecular flexibility index (Phi) is 4.86. The van der Waals surface area contributed by atoms with E-state index in [9.17, 15) is 9.90 Å². The number of aliphatic hydroxyl groups is 1. The maximum atomic E-state index is 12.9. The first-order chi connectivity index (χ1) is 12.6. The molecule has 2 N–H and O–H groups in total. The van der Waals surface area contributed by atoms with Crippen molar-refractivity contribution in [3.05, 3.63) is 28.6 Å². The van der Waals surface area contributed by atoms with Crippen LogP contribution in [0.2, 0.25) is 0 Å².